The topological polar surface area (TPSA) is 105 Å². The minimum atomic E-state index is -1.01. The van der Waals surface area contributed by atoms with Crippen molar-refractivity contribution in [2.24, 2.45) is 5.41 Å². The maximum atomic E-state index is 12.3. The zero-order chi connectivity index (χ0) is 23.3. The van der Waals surface area contributed by atoms with Gasteiger partial charge < -0.3 is 20.5 Å². The first kappa shape index (κ1) is 23.3. The Balaban J connectivity index is 1.50. The summed E-state index contributed by atoms with van der Waals surface area (Å²) in [6.07, 6.45) is -0.157. The number of alkyl carbamates (subject to hydrolysis) is 1. The molecule has 0 radical (unpaired) electrons. The van der Waals surface area contributed by atoms with Crippen molar-refractivity contribution in [2.45, 2.75) is 45.6 Å². The van der Waals surface area contributed by atoms with Crippen LogP contribution in [-0.2, 0) is 14.3 Å². The average molecular weight is 439 g/mol. The van der Waals surface area contributed by atoms with Crippen molar-refractivity contribution in [1.29, 1.82) is 0 Å². The largest absolute Gasteiger partial charge is 0.481 e. The molecule has 0 spiro atoms. The second kappa shape index (κ2) is 9.85. The van der Waals surface area contributed by atoms with E-state index in [1.165, 1.54) is 0 Å². The molecule has 2 aromatic rings. The minimum Gasteiger partial charge on any atom is -0.481 e. The molecule has 0 heterocycles. The Kier molecular flexibility index (Phi) is 7.18. The molecule has 170 valence electrons. The van der Waals surface area contributed by atoms with Gasteiger partial charge in [0.1, 0.15) is 6.61 Å². The van der Waals surface area contributed by atoms with Crippen LogP contribution in [0, 0.1) is 5.41 Å². The number of carboxylic acids is 1. The van der Waals surface area contributed by atoms with Gasteiger partial charge in [0, 0.05) is 24.9 Å². The quantitative estimate of drug-likeness (QED) is 0.550. The summed E-state index contributed by atoms with van der Waals surface area (Å²) >= 11 is 0. The molecule has 1 aliphatic carbocycles. The lowest BCUT2D eigenvalue weighted by molar-refractivity contribution is -0.148. The molecule has 2 aromatic carbocycles. The van der Waals surface area contributed by atoms with E-state index in [4.69, 9.17) is 4.74 Å². The van der Waals surface area contributed by atoms with Crippen molar-refractivity contribution in [3.05, 3.63) is 59.7 Å². The van der Waals surface area contributed by atoms with Crippen LogP contribution < -0.4 is 10.6 Å². The summed E-state index contributed by atoms with van der Waals surface area (Å²) in [7, 11) is 0. The molecule has 32 heavy (non-hydrogen) atoms. The standard InChI is InChI=1S/C25H30N2O5/c1-4-25(3,23(29)30)15-26-22(28)13-16(2)27-24(31)32-14-21-19-11-7-5-9-17(19)18-10-6-8-12-20(18)21/h5-12,16,21H,4,13-15H2,1-3H3,(H,26,28)(H,27,31)(H,29,30)/t16-,25?/m0/s1. The van der Waals surface area contributed by atoms with Crippen LogP contribution in [0.25, 0.3) is 11.1 Å². The molecule has 2 atom stereocenters. The first-order valence-corrected chi connectivity index (χ1v) is 10.9. The van der Waals surface area contributed by atoms with Crippen molar-refractivity contribution < 1.29 is 24.2 Å². The maximum absolute atomic E-state index is 12.3. The lowest BCUT2D eigenvalue weighted by Crippen LogP contribution is -2.43. The number of amides is 2. The van der Waals surface area contributed by atoms with Crippen LogP contribution in [0.4, 0.5) is 4.79 Å². The van der Waals surface area contributed by atoms with E-state index in [0.29, 0.717) is 6.42 Å². The third kappa shape index (κ3) is 5.10. The molecule has 0 saturated carbocycles. The molecule has 0 aliphatic heterocycles. The van der Waals surface area contributed by atoms with Crippen LogP contribution in [0.5, 0.6) is 0 Å². The predicted octanol–water partition coefficient (Wildman–Crippen LogP) is 3.92. The van der Waals surface area contributed by atoms with E-state index in [1.807, 2.05) is 24.3 Å². The van der Waals surface area contributed by atoms with Gasteiger partial charge in [0.15, 0.2) is 0 Å². The Bertz CT molecular complexity index is 960. The number of benzene rings is 2. The monoisotopic (exact) mass is 438 g/mol. The summed E-state index contributed by atoms with van der Waals surface area (Å²) in [5, 5.41) is 14.6. The van der Waals surface area contributed by atoms with Crippen LogP contribution >= 0.6 is 0 Å². The van der Waals surface area contributed by atoms with Gasteiger partial charge >= 0.3 is 12.1 Å². The van der Waals surface area contributed by atoms with E-state index in [-0.39, 0.29) is 31.4 Å². The highest BCUT2D eigenvalue weighted by Crippen LogP contribution is 2.44. The third-order valence-corrected chi connectivity index (χ3v) is 6.17. The number of carbonyl (C=O) groups is 3. The van der Waals surface area contributed by atoms with Gasteiger partial charge in [0.05, 0.1) is 5.41 Å². The summed E-state index contributed by atoms with van der Waals surface area (Å²) in [6, 6.07) is 15.7. The molecule has 0 saturated heterocycles. The molecular weight excluding hydrogens is 408 g/mol. The smallest absolute Gasteiger partial charge is 0.407 e. The first-order chi connectivity index (χ1) is 15.2. The van der Waals surface area contributed by atoms with Crippen LogP contribution in [-0.4, -0.2) is 42.3 Å². The van der Waals surface area contributed by atoms with Gasteiger partial charge in [-0.3, -0.25) is 9.59 Å². The van der Waals surface area contributed by atoms with E-state index in [0.717, 1.165) is 22.3 Å². The molecule has 2 amide bonds. The molecule has 7 heteroatoms. The number of ether oxygens (including phenoxy) is 1. The summed E-state index contributed by atoms with van der Waals surface area (Å²) in [6.45, 7) is 5.30. The summed E-state index contributed by atoms with van der Waals surface area (Å²) in [5.74, 6) is -1.31. The number of rotatable bonds is 9. The Morgan fingerprint density at radius 3 is 2.16 bits per heavy atom. The molecule has 0 fully saturated rings. The van der Waals surface area contributed by atoms with Crippen LogP contribution in [0.3, 0.4) is 0 Å². The number of fused-ring (bicyclic) bond motifs is 3. The Labute approximate surface area is 188 Å². The number of carboxylic acid groups (broad SMARTS) is 1. The Morgan fingerprint density at radius 1 is 1.06 bits per heavy atom. The van der Waals surface area contributed by atoms with Gasteiger partial charge in [-0.15, -0.1) is 0 Å². The second-order valence-electron chi connectivity index (χ2n) is 8.57. The van der Waals surface area contributed by atoms with Gasteiger partial charge in [-0.25, -0.2) is 4.79 Å². The zero-order valence-corrected chi connectivity index (χ0v) is 18.7. The lowest BCUT2D eigenvalue weighted by Gasteiger charge is -2.23. The predicted molar refractivity (Wildman–Crippen MR) is 121 cm³/mol. The highest BCUT2D eigenvalue weighted by atomic mass is 16.5. The second-order valence-corrected chi connectivity index (χ2v) is 8.57. The van der Waals surface area contributed by atoms with E-state index in [2.05, 4.69) is 34.9 Å². The summed E-state index contributed by atoms with van der Waals surface area (Å²) in [4.78, 5) is 35.8. The van der Waals surface area contributed by atoms with Crippen molar-refractivity contribution in [2.75, 3.05) is 13.2 Å². The molecule has 7 nitrogen and oxygen atoms in total. The number of carbonyl (C=O) groups excluding carboxylic acids is 2. The number of nitrogens with one attached hydrogen (secondary N) is 2. The average Bonchev–Trinajstić information content (AvgIpc) is 3.09. The molecule has 0 bridgehead atoms. The van der Waals surface area contributed by atoms with Gasteiger partial charge in [-0.1, -0.05) is 55.5 Å². The van der Waals surface area contributed by atoms with E-state index in [9.17, 15) is 19.5 Å². The first-order valence-electron chi connectivity index (χ1n) is 10.9. The molecule has 0 aromatic heterocycles. The number of hydrogen-bond donors (Lipinski definition) is 3. The van der Waals surface area contributed by atoms with E-state index < -0.39 is 23.5 Å². The van der Waals surface area contributed by atoms with Gasteiger partial charge in [0.25, 0.3) is 0 Å². The van der Waals surface area contributed by atoms with Crippen LogP contribution in [0.15, 0.2) is 48.5 Å². The number of hydrogen-bond acceptors (Lipinski definition) is 4. The van der Waals surface area contributed by atoms with Crippen molar-refractivity contribution in [3.63, 3.8) is 0 Å². The number of aliphatic carboxylic acids is 1. The molecule has 1 unspecified atom stereocenters. The van der Waals surface area contributed by atoms with E-state index in [1.54, 1.807) is 20.8 Å². The van der Waals surface area contributed by atoms with Gasteiger partial charge in [-0.2, -0.15) is 0 Å². The normalized spacial score (nSPS) is 15.1. The van der Waals surface area contributed by atoms with Crippen LogP contribution in [0.1, 0.15) is 50.7 Å². The van der Waals surface area contributed by atoms with Gasteiger partial charge in [-0.05, 0) is 42.5 Å². The fourth-order valence-corrected chi connectivity index (χ4v) is 3.89. The zero-order valence-electron chi connectivity index (χ0n) is 18.7. The molecule has 1 aliphatic rings. The highest BCUT2D eigenvalue weighted by Gasteiger charge is 2.32. The van der Waals surface area contributed by atoms with Gasteiger partial charge in [0.2, 0.25) is 5.91 Å². The lowest BCUT2D eigenvalue weighted by atomic mass is 9.87. The minimum absolute atomic E-state index is 0.0314. The van der Waals surface area contributed by atoms with Crippen molar-refractivity contribution in [3.8, 4) is 11.1 Å². The van der Waals surface area contributed by atoms with Crippen molar-refractivity contribution in [1.82, 2.24) is 10.6 Å². The fourth-order valence-electron chi connectivity index (χ4n) is 3.89. The van der Waals surface area contributed by atoms with E-state index >= 15 is 0 Å². The third-order valence-electron chi connectivity index (χ3n) is 6.17. The maximum Gasteiger partial charge on any atom is 0.407 e. The Hall–Kier alpha value is -3.35. The SMILES string of the molecule is CCC(C)(CNC(=O)C[C@H](C)NC(=O)OCC1c2ccccc2-c2ccccc21)C(=O)O. The molecule has 3 N–H and O–H groups in total. The molecule has 3 rings (SSSR count). The highest BCUT2D eigenvalue weighted by molar-refractivity contribution is 5.80. The fraction of sp³-hybridized carbons (Fsp3) is 0.400. The van der Waals surface area contributed by atoms with Crippen molar-refractivity contribution >= 4 is 18.0 Å². The summed E-state index contributed by atoms with van der Waals surface area (Å²) in [5.41, 5.74) is 3.56. The Morgan fingerprint density at radius 2 is 1.62 bits per heavy atom. The van der Waals surface area contributed by atoms with Crippen LogP contribution in [0.2, 0.25) is 0 Å². The molecular formula is C25H30N2O5. The summed E-state index contributed by atoms with van der Waals surface area (Å²) < 4.78 is 5.50.